The molecule has 1 aliphatic rings. The second-order valence-corrected chi connectivity index (χ2v) is 6.13. The summed E-state index contributed by atoms with van der Waals surface area (Å²) in [4.78, 5) is 22.4. The van der Waals surface area contributed by atoms with E-state index in [0.29, 0.717) is 11.5 Å². The van der Waals surface area contributed by atoms with E-state index in [4.69, 9.17) is 9.94 Å². The maximum atomic E-state index is 11.4. The number of carbonyl (C=O) groups is 1. The topological polar surface area (TPSA) is 87.6 Å². The fourth-order valence-corrected chi connectivity index (χ4v) is 3.39. The Labute approximate surface area is 150 Å². The van der Waals surface area contributed by atoms with E-state index in [0.717, 1.165) is 35.3 Å². The van der Waals surface area contributed by atoms with Crippen molar-refractivity contribution in [2.45, 2.75) is 12.8 Å². The van der Waals surface area contributed by atoms with Crippen LogP contribution in [0.4, 0.5) is 11.4 Å². The number of hydroxylamine groups is 1. The minimum atomic E-state index is -0.417. The fourth-order valence-electron chi connectivity index (χ4n) is 3.39. The molecule has 3 aromatic rings. The minimum absolute atomic E-state index is 0.158. The fraction of sp³-hybridized carbons (Fsp3) is 0.211. The summed E-state index contributed by atoms with van der Waals surface area (Å²) in [6.45, 7) is 0.843. The molecule has 4 rings (SSSR count). The third-order valence-corrected chi connectivity index (χ3v) is 4.58. The maximum absolute atomic E-state index is 11.4. The first kappa shape index (κ1) is 16.3. The molecule has 132 valence electrons. The van der Waals surface area contributed by atoms with Crippen LogP contribution in [-0.2, 0) is 17.6 Å². The number of pyridine rings is 2. The van der Waals surface area contributed by atoms with Gasteiger partial charge >= 0.3 is 0 Å². The van der Waals surface area contributed by atoms with Gasteiger partial charge in [0.15, 0.2) is 5.65 Å². The number of ether oxygens (including phenoxy) is 1. The number of benzene rings is 1. The number of aromatic nitrogens is 2. The quantitative estimate of drug-likeness (QED) is 0.555. The number of nitrogens with one attached hydrogen (secondary N) is 1. The molecule has 26 heavy (non-hydrogen) atoms. The van der Waals surface area contributed by atoms with E-state index >= 15 is 0 Å². The zero-order chi connectivity index (χ0) is 18.1. The smallest absolute Gasteiger partial charge is 0.247 e. The van der Waals surface area contributed by atoms with Crippen LogP contribution in [0.15, 0.2) is 42.6 Å². The molecule has 2 aromatic heterocycles. The zero-order valence-corrected chi connectivity index (χ0v) is 14.3. The van der Waals surface area contributed by atoms with Gasteiger partial charge in [-0.2, -0.15) is 4.98 Å². The summed E-state index contributed by atoms with van der Waals surface area (Å²) in [5.74, 6) is 0.121. The van der Waals surface area contributed by atoms with Gasteiger partial charge in [-0.25, -0.2) is 10.5 Å². The number of rotatable bonds is 4. The first-order chi connectivity index (χ1) is 12.7. The molecule has 2 N–H and O–H groups in total. The Kier molecular flexibility index (Phi) is 4.14. The van der Waals surface area contributed by atoms with Gasteiger partial charge in [0.2, 0.25) is 11.8 Å². The Bertz CT molecular complexity index is 990. The van der Waals surface area contributed by atoms with Crippen LogP contribution >= 0.6 is 0 Å². The Morgan fingerprint density at radius 2 is 2.15 bits per heavy atom. The van der Waals surface area contributed by atoms with E-state index in [1.54, 1.807) is 18.8 Å². The summed E-state index contributed by atoms with van der Waals surface area (Å²) in [5.41, 5.74) is 6.53. The predicted octanol–water partition coefficient (Wildman–Crippen LogP) is 2.38. The van der Waals surface area contributed by atoms with Crippen LogP contribution in [-0.4, -0.2) is 34.7 Å². The van der Waals surface area contributed by atoms with Gasteiger partial charge in [0, 0.05) is 29.9 Å². The molecule has 0 bridgehead atoms. The van der Waals surface area contributed by atoms with E-state index in [1.807, 2.05) is 36.4 Å². The van der Waals surface area contributed by atoms with Gasteiger partial charge in [0.25, 0.3) is 0 Å². The highest BCUT2D eigenvalue weighted by Crippen LogP contribution is 2.38. The van der Waals surface area contributed by atoms with E-state index in [-0.39, 0.29) is 6.42 Å². The van der Waals surface area contributed by atoms with Gasteiger partial charge < -0.3 is 9.64 Å². The number of nitrogens with zero attached hydrogens (tertiary/aromatic N) is 3. The lowest BCUT2D eigenvalue weighted by Crippen LogP contribution is -2.20. The van der Waals surface area contributed by atoms with Crippen LogP contribution in [0, 0.1) is 0 Å². The highest BCUT2D eigenvalue weighted by atomic mass is 16.5. The van der Waals surface area contributed by atoms with Crippen molar-refractivity contribution < 1.29 is 14.7 Å². The SMILES string of the molecule is COc1ccc2c(N3CCc4cc(CC(=O)NO)ccc43)ccnc2n1. The summed E-state index contributed by atoms with van der Waals surface area (Å²) in [6.07, 6.45) is 2.80. The molecule has 0 saturated carbocycles. The van der Waals surface area contributed by atoms with Crippen molar-refractivity contribution in [1.82, 2.24) is 15.4 Å². The molecule has 0 aliphatic carbocycles. The number of methoxy groups -OCH3 is 1. The molecule has 0 radical (unpaired) electrons. The minimum Gasteiger partial charge on any atom is -0.481 e. The number of hydrogen-bond donors (Lipinski definition) is 2. The molecule has 0 unspecified atom stereocenters. The molecule has 1 amide bonds. The molecule has 1 aromatic carbocycles. The average molecular weight is 350 g/mol. The van der Waals surface area contributed by atoms with E-state index in [9.17, 15) is 4.79 Å². The van der Waals surface area contributed by atoms with E-state index < -0.39 is 5.91 Å². The zero-order valence-electron chi connectivity index (χ0n) is 14.3. The Morgan fingerprint density at radius 1 is 1.27 bits per heavy atom. The Morgan fingerprint density at radius 3 is 2.96 bits per heavy atom. The van der Waals surface area contributed by atoms with Crippen LogP contribution in [0.3, 0.4) is 0 Å². The molecule has 0 spiro atoms. The van der Waals surface area contributed by atoms with Crippen LogP contribution in [0.25, 0.3) is 11.0 Å². The number of fused-ring (bicyclic) bond motifs is 2. The molecule has 1 aliphatic heterocycles. The first-order valence-corrected chi connectivity index (χ1v) is 8.31. The lowest BCUT2D eigenvalue weighted by atomic mass is 10.1. The van der Waals surface area contributed by atoms with Crippen LogP contribution in [0.5, 0.6) is 5.88 Å². The maximum Gasteiger partial charge on any atom is 0.247 e. The van der Waals surface area contributed by atoms with Gasteiger partial charge in [-0.15, -0.1) is 0 Å². The lowest BCUT2D eigenvalue weighted by Gasteiger charge is -2.21. The van der Waals surface area contributed by atoms with E-state index in [2.05, 4.69) is 14.9 Å². The summed E-state index contributed by atoms with van der Waals surface area (Å²) in [5, 5.41) is 9.65. The first-order valence-electron chi connectivity index (χ1n) is 8.31. The van der Waals surface area contributed by atoms with Crippen molar-refractivity contribution in [2.75, 3.05) is 18.6 Å². The molecule has 7 heteroatoms. The van der Waals surface area contributed by atoms with Crippen LogP contribution < -0.4 is 15.1 Å². The number of hydrogen-bond acceptors (Lipinski definition) is 6. The van der Waals surface area contributed by atoms with Crippen LogP contribution in [0.2, 0.25) is 0 Å². The van der Waals surface area contributed by atoms with E-state index in [1.165, 1.54) is 5.56 Å². The summed E-state index contributed by atoms with van der Waals surface area (Å²) in [6, 6.07) is 11.7. The molecule has 0 atom stereocenters. The second-order valence-electron chi connectivity index (χ2n) is 6.13. The molecule has 0 fully saturated rings. The van der Waals surface area contributed by atoms with Crippen molar-refractivity contribution in [1.29, 1.82) is 0 Å². The lowest BCUT2D eigenvalue weighted by molar-refractivity contribution is -0.128. The summed E-state index contributed by atoms with van der Waals surface area (Å²) < 4.78 is 5.18. The van der Waals surface area contributed by atoms with Gasteiger partial charge in [-0.3, -0.25) is 10.0 Å². The van der Waals surface area contributed by atoms with Gasteiger partial charge in [0.05, 0.1) is 19.2 Å². The molecule has 7 nitrogen and oxygen atoms in total. The normalized spacial score (nSPS) is 12.9. The second kappa shape index (κ2) is 6.61. The van der Waals surface area contributed by atoms with Crippen molar-refractivity contribution >= 4 is 28.3 Å². The average Bonchev–Trinajstić information content (AvgIpc) is 3.09. The summed E-state index contributed by atoms with van der Waals surface area (Å²) >= 11 is 0. The third kappa shape index (κ3) is 2.82. The molecular weight excluding hydrogens is 332 g/mol. The number of anilines is 2. The number of carbonyl (C=O) groups excluding carboxylic acids is 1. The van der Waals surface area contributed by atoms with Crippen LogP contribution in [0.1, 0.15) is 11.1 Å². The molecule has 0 saturated heterocycles. The Balaban J connectivity index is 1.71. The molecule has 3 heterocycles. The largest absolute Gasteiger partial charge is 0.481 e. The summed E-state index contributed by atoms with van der Waals surface area (Å²) in [7, 11) is 1.59. The highest BCUT2D eigenvalue weighted by molar-refractivity contribution is 5.93. The van der Waals surface area contributed by atoms with Crippen molar-refractivity contribution in [2.24, 2.45) is 0 Å². The standard InChI is InChI=1S/C19H18N4O3/c1-26-18-5-3-14-16(6-8-20-19(14)21-18)23-9-7-13-10-12(2-4-15(13)23)11-17(24)22-25/h2-6,8,10,25H,7,9,11H2,1H3,(H,22,24). The number of amides is 1. The van der Waals surface area contributed by atoms with Gasteiger partial charge in [-0.1, -0.05) is 12.1 Å². The van der Waals surface area contributed by atoms with Crippen molar-refractivity contribution in [3.63, 3.8) is 0 Å². The Hall–Kier alpha value is -3.19. The van der Waals surface area contributed by atoms with Gasteiger partial charge in [0.1, 0.15) is 0 Å². The van der Waals surface area contributed by atoms with Crippen molar-refractivity contribution in [3.05, 3.63) is 53.7 Å². The van der Waals surface area contributed by atoms with Gasteiger partial charge in [-0.05, 0) is 35.7 Å². The monoisotopic (exact) mass is 350 g/mol. The third-order valence-electron chi connectivity index (χ3n) is 4.58. The molecular formula is C19H18N4O3. The highest BCUT2D eigenvalue weighted by Gasteiger charge is 2.23. The van der Waals surface area contributed by atoms with Crippen molar-refractivity contribution in [3.8, 4) is 5.88 Å². The predicted molar refractivity (Wildman–Crippen MR) is 96.9 cm³/mol.